The second kappa shape index (κ2) is 4.03. The van der Waals surface area contributed by atoms with E-state index in [-0.39, 0.29) is 12.5 Å². The first kappa shape index (κ1) is 10.2. The van der Waals surface area contributed by atoms with Crippen LogP contribution >= 0.6 is 15.9 Å². The first-order valence-corrected chi connectivity index (χ1v) is 5.92. The van der Waals surface area contributed by atoms with Gasteiger partial charge in [-0.1, -0.05) is 28.9 Å². The highest BCUT2D eigenvalue weighted by Crippen LogP contribution is 2.43. The Kier molecular flexibility index (Phi) is 2.93. The number of aliphatic hydroxyl groups excluding tert-OH is 1. The number of rotatable bonds is 3. The van der Waals surface area contributed by atoms with E-state index in [4.69, 9.17) is 0 Å². The zero-order valence-corrected chi connectivity index (χ0v) is 9.92. The standard InChI is InChI=1S/C12H15BrO/c1-8(7-14)12-6-10(13)4-5-11(12)9-2-3-9/h4-6,8-9,14H,2-3,7H2,1H3. The van der Waals surface area contributed by atoms with Crippen molar-refractivity contribution >= 4 is 15.9 Å². The Labute approximate surface area is 93.3 Å². The predicted octanol–water partition coefficient (Wildman–Crippen LogP) is 3.42. The Morgan fingerprint density at radius 3 is 2.79 bits per heavy atom. The summed E-state index contributed by atoms with van der Waals surface area (Å²) in [6.45, 7) is 2.31. The first-order valence-electron chi connectivity index (χ1n) is 5.12. The molecule has 76 valence electrons. The van der Waals surface area contributed by atoms with E-state index >= 15 is 0 Å². The summed E-state index contributed by atoms with van der Waals surface area (Å²) in [6.07, 6.45) is 2.62. The van der Waals surface area contributed by atoms with Gasteiger partial charge >= 0.3 is 0 Å². The molecule has 1 unspecified atom stereocenters. The summed E-state index contributed by atoms with van der Waals surface area (Å²) in [5.41, 5.74) is 2.75. The van der Waals surface area contributed by atoms with E-state index in [2.05, 4.69) is 41.1 Å². The van der Waals surface area contributed by atoms with Crippen molar-refractivity contribution in [3.05, 3.63) is 33.8 Å². The van der Waals surface area contributed by atoms with Gasteiger partial charge in [-0.25, -0.2) is 0 Å². The van der Waals surface area contributed by atoms with Crippen LogP contribution in [-0.4, -0.2) is 11.7 Å². The van der Waals surface area contributed by atoms with E-state index in [1.807, 2.05) is 0 Å². The minimum absolute atomic E-state index is 0.232. The number of benzene rings is 1. The highest BCUT2D eigenvalue weighted by Gasteiger charge is 2.27. The molecule has 14 heavy (non-hydrogen) atoms. The maximum atomic E-state index is 9.19. The molecular formula is C12H15BrO. The van der Waals surface area contributed by atoms with Crippen LogP contribution in [-0.2, 0) is 0 Å². The molecule has 1 aromatic carbocycles. The van der Waals surface area contributed by atoms with Gasteiger partial charge in [0.1, 0.15) is 0 Å². The third-order valence-corrected chi connectivity index (χ3v) is 3.36. The van der Waals surface area contributed by atoms with Crippen LogP contribution < -0.4 is 0 Å². The topological polar surface area (TPSA) is 20.2 Å². The molecule has 2 rings (SSSR count). The smallest absolute Gasteiger partial charge is 0.0497 e. The van der Waals surface area contributed by atoms with Crippen molar-refractivity contribution in [1.29, 1.82) is 0 Å². The fraction of sp³-hybridized carbons (Fsp3) is 0.500. The molecule has 2 heteroatoms. The first-order chi connectivity index (χ1) is 6.72. The summed E-state index contributed by atoms with van der Waals surface area (Å²) in [5, 5.41) is 9.19. The molecule has 0 saturated heterocycles. The number of hydrogen-bond donors (Lipinski definition) is 1. The normalized spacial score (nSPS) is 18.2. The number of aliphatic hydroxyl groups is 1. The molecular weight excluding hydrogens is 240 g/mol. The Morgan fingerprint density at radius 2 is 2.21 bits per heavy atom. The van der Waals surface area contributed by atoms with Gasteiger partial charge < -0.3 is 5.11 Å². The second-order valence-corrected chi connectivity index (χ2v) is 5.05. The summed E-state index contributed by atoms with van der Waals surface area (Å²) in [5.74, 6) is 1.01. The van der Waals surface area contributed by atoms with Gasteiger partial charge in [0.25, 0.3) is 0 Å². The largest absolute Gasteiger partial charge is 0.396 e. The number of halogens is 1. The van der Waals surface area contributed by atoms with Gasteiger partial charge in [0, 0.05) is 17.0 Å². The Bertz CT molecular complexity index is 331. The van der Waals surface area contributed by atoms with Crippen LogP contribution in [0.3, 0.4) is 0 Å². The van der Waals surface area contributed by atoms with Gasteiger partial charge in [-0.3, -0.25) is 0 Å². The van der Waals surface area contributed by atoms with Gasteiger partial charge in [0.05, 0.1) is 0 Å². The van der Waals surface area contributed by atoms with Gasteiger partial charge in [0.2, 0.25) is 0 Å². The van der Waals surface area contributed by atoms with E-state index < -0.39 is 0 Å². The molecule has 1 aliphatic rings. The Hall–Kier alpha value is -0.340. The molecule has 0 radical (unpaired) electrons. The average molecular weight is 255 g/mol. The van der Waals surface area contributed by atoms with E-state index in [0.29, 0.717) is 0 Å². The zero-order valence-electron chi connectivity index (χ0n) is 8.33. The van der Waals surface area contributed by atoms with Gasteiger partial charge in [-0.2, -0.15) is 0 Å². The molecule has 0 amide bonds. The van der Waals surface area contributed by atoms with Crippen molar-refractivity contribution in [2.45, 2.75) is 31.6 Å². The van der Waals surface area contributed by atoms with Crippen molar-refractivity contribution in [3.63, 3.8) is 0 Å². The van der Waals surface area contributed by atoms with Crippen molar-refractivity contribution in [2.75, 3.05) is 6.61 Å². The fourth-order valence-electron chi connectivity index (χ4n) is 1.84. The molecule has 0 spiro atoms. The summed E-state index contributed by atoms with van der Waals surface area (Å²) in [6, 6.07) is 6.44. The molecule has 0 bridgehead atoms. The molecule has 1 nitrogen and oxygen atoms in total. The van der Waals surface area contributed by atoms with E-state index in [1.54, 1.807) is 0 Å². The maximum absolute atomic E-state index is 9.19. The Morgan fingerprint density at radius 1 is 1.50 bits per heavy atom. The fourth-order valence-corrected chi connectivity index (χ4v) is 2.22. The summed E-state index contributed by atoms with van der Waals surface area (Å²) in [4.78, 5) is 0. The van der Waals surface area contributed by atoms with Crippen LogP contribution in [0.1, 0.15) is 42.7 Å². The molecule has 0 aromatic heterocycles. The average Bonchev–Trinajstić information content (AvgIpc) is 3.00. The second-order valence-electron chi connectivity index (χ2n) is 4.13. The van der Waals surface area contributed by atoms with Crippen molar-refractivity contribution in [2.24, 2.45) is 0 Å². The summed E-state index contributed by atoms with van der Waals surface area (Å²) < 4.78 is 1.11. The highest BCUT2D eigenvalue weighted by molar-refractivity contribution is 9.10. The lowest BCUT2D eigenvalue weighted by molar-refractivity contribution is 0.272. The maximum Gasteiger partial charge on any atom is 0.0497 e. The monoisotopic (exact) mass is 254 g/mol. The van der Waals surface area contributed by atoms with Crippen LogP contribution in [0.2, 0.25) is 0 Å². The van der Waals surface area contributed by atoms with Crippen molar-refractivity contribution in [3.8, 4) is 0 Å². The Balaban J connectivity index is 2.37. The minimum Gasteiger partial charge on any atom is -0.396 e. The molecule has 1 N–H and O–H groups in total. The molecule has 1 atom stereocenters. The van der Waals surface area contributed by atoms with Crippen LogP contribution in [0.15, 0.2) is 22.7 Å². The third-order valence-electron chi connectivity index (χ3n) is 2.87. The van der Waals surface area contributed by atoms with Gasteiger partial charge in [-0.05, 0) is 42.0 Å². The van der Waals surface area contributed by atoms with E-state index in [0.717, 1.165) is 10.4 Å². The van der Waals surface area contributed by atoms with E-state index in [9.17, 15) is 5.11 Å². The van der Waals surface area contributed by atoms with Crippen LogP contribution in [0.4, 0.5) is 0 Å². The van der Waals surface area contributed by atoms with Crippen molar-refractivity contribution in [1.82, 2.24) is 0 Å². The zero-order chi connectivity index (χ0) is 10.1. The number of hydrogen-bond acceptors (Lipinski definition) is 1. The molecule has 1 aliphatic carbocycles. The molecule has 1 aromatic rings. The van der Waals surface area contributed by atoms with Crippen LogP contribution in [0.25, 0.3) is 0 Å². The lowest BCUT2D eigenvalue weighted by atomic mass is 9.94. The minimum atomic E-state index is 0.232. The highest BCUT2D eigenvalue weighted by atomic mass is 79.9. The van der Waals surface area contributed by atoms with Gasteiger partial charge in [-0.15, -0.1) is 0 Å². The lowest BCUT2D eigenvalue weighted by Gasteiger charge is -2.14. The molecule has 1 fully saturated rings. The summed E-state index contributed by atoms with van der Waals surface area (Å²) >= 11 is 3.48. The van der Waals surface area contributed by atoms with Gasteiger partial charge in [0.15, 0.2) is 0 Å². The lowest BCUT2D eigenvalue weighted by Crippen LogP contribution is -2.02. The van der Waals surface area contributed by atoms with Crippen LogP contribution in [0.5, 0.6) is 0 Å². The van der Waals surface area contributed by atoms with Crippen molar-refractivity contribution < 1.29 is 5.11 Å². The predicted molar refractivity (Wildman–Crippen MR) is 61.6 cm³/mol. The SMILES string of the molecule is CC(CO)c1cc(Br)ccc1C1CC1. The molecule has 0 aliphatic heterocycles. The van der Waals surface area contributed by atoms with Crippen LogP contribution in [0, 0.1) is 0 Å². The summed E-state index contributed by atoms with van der Waals surface area (Å²) in [7, 11) is 0. The third kappa shape index (κ3) is 2.01. The molecule has 1 saturated carbocycles. The van der Waals surface area contributed by atoms with E-state index in [1.165, 1.54) is 24.0 Å². The molecule has 0 heterocycles. The quantitative estimate of drug-likeness (QED) is 0.877.